The highest BCUT2D eigenvalue weighted by atomic mass is 35.5. The predicted molar refractivity (Wildman–Crippen MR) is 161 cm³/mol. The number of halogens is 2. The number of ether oxygens (including phenoxy) is 1. The van der Waals surface area contributed by atoms with Crippen molar-refractivity contribution in [2.75, 3.05) is 6.54 Å². The summed E-state index contributed by atoms with van der Waals surface area (Å²) in [6.07, 6.45) is 0.806. The molecular formula is C33H27Cl2N3O4. The van der Waals surface area contributed by atoms with Crippen molar-refractivity contribution >= 4 is 35.1 Å². The molecule has 2 heterocycles. The number of nitrogens with zero attached hydrogens (tertiary/aromatic N) is 3. The fourth-order valence-electron chi connectivity index (χ4n) is 5.09. The molecule has 1 aliphatic heterocycles. The molecule has 3 aromatic carbocycles. The molecule has 1 unspecified atom stereocenters. The van der Waals surface area contributed by atoms with Gasteiger partial charge in [0, 0.05) is 37.8 Å². The van der Waals surface area contributed by atoms with Crippen LogP contribution in [0.5, 0.6) is 5.75 Å². The molecule has 1 aliphatic rings. The molecule has 1 aromatic heterocycles. The Morgan fingerprint density at radius 3 is 2.24 bits per heavy atom. The van der Waals surface area contributed by atoms with Crippen molar-refractivity contribution in [1.82, 2.24) is 9.47 Å². The van der Waals surface area contributed by atoms with Crippen LogP contribution in [0.25, 0.3) is 0 Å². The summed E-state index contributed by atoms with van der Waals surface area (Å²) in [6.45, 7) is 0.827. The van der Waals surface area contributed by atoms with E-state index in [4.69, 9.17) is 27.9 Å². The average Bonchev–Trinajstić information content (AvgIpc) is 3.00. The Kier molecular flexibility index (Phi) is 9.06. The number of benzene rings is 3. The van der Waals surface area contributed by atoms with Gasteiger partial charge in [-0.15, -0.1) is 0 Å². The van der Waals surface area contributed by atoms with Gasteiger partial charge in [-0.3, -0.25) is 14.4 Å². The number of pyridine rings is 1. The molecular weight excluding hydrogens is 573 g/mol. The lowest BCUT2D eigenvalue weighted by molar-refractivity contribution is -0.134. The molecule has 0 spiro atoms. The zero-order valence-corrected chi connectivity index (χ0v) is 24.1. The lowest BCUT2D eigenvalue weighted by Gasteiger charge is -2.33. The fraction of sp³-hybridized carbons (Fsp3) is 0.212. The zero-order valence-electron chi connectivity index (χ0n) is 22.6. The Bertz CT molecular complexity index is 1720. The van der Waals surface area contributed by atoms with Crippen molar-refractivity contribution in [3.05, 3.63) is 133 Å². The Balaban J connectivity index is 1.50. The van der Waals surface area contributed by atoms with Crippen LogP contribution in [-0.2, 0) is 30.7 Å². The van der Waals surface area contributed by atoms with Gasteiger partial charge in [-0.2, -0.15) is 5.26 Å². The van der Waals surface area contributed by atoms with Crippen molar-refractivity contribution in [1.29, 1.82) is 5.26 Å². The summed E-state index contributed by atoms with van der Waals surface area (Å²) in [5.74, 6) is -2.12. The molecule has 1 atom stereocenters. The normalized spacial score (nSPS) is 13.3. The van der Waals surface area contributed by atoms with Gasteiger partial charge in [0.1, 0.15) is 0 Å². The highest BCUT2D eigenvalue weighted by molar-refractivity contribution is 6.42. The number of amides is 1. The molecule has 0 radical (unpaired) electrons. The SMILES string of the molecule is N#CC(Cc1ccccc1)c1cc(=O)c(OC(=O)CCc2ccccc2)c2n1CCN(Cc1ccc(Cl)c(Cl)c1)C2=O. The summed E-state index contributed by atoms with van der Waals surface area (Å²) in [6, 6.07) is 27.7. The van der Waals surface area contributed by atoms with Crippen molar-refractivity contribution in [2.45, 2.75) is 38.3 Å². The number of aryl methyl sites for hydroxylation is 1. The topological polar surface area (TPSA) is 92.4 Å². The molecule has 0 fully saturated rings. The van der Waals surface area contributed by atoms with E-state index in [1.807, 2.05) is 60.7 Å². The van der Waals surface area contributed by atoms with Crippen LogP contribution in [0.4, 0.5) is 0 Å². The first-order chi connectivity index (χ1) is 20.3. The van der Waals surface area contributed by atoms with Crippen LogP contribution in [0.15, 0.2) is 89.7 Å². The maximum Gasteiger partial charge on any atom is 0.311 e. The van der Waals surface area contributed by atoms with Gasteiger partial charge < -0.3 is 14.2 Å². The van der Waals surface area contributed by atoms with Crippen LogP contribution in [0.3, 0.4) is 0 Å². The lowest BCUT2D eigenvalue weighted by Crippen LogP contribution is -2.43. The molecule has 0 aliphatic carbocycles. The minimum atomic E-state index is -0.698. The van der Waals surface area contributed by atoms with E-state index in [1.165, 1.54) is 6.07 Å². The molecule has 0 N–H and O–H groups in total. The van der Waals surface area contributed by atoms with Gasteiger partial charge in [-0.05, 0) is 41.7 Å². The highest BCUT2D eigenvalue weighted by Gasteiger charge is 2.34. The summed E-state index contributed by atoms with van der Waals surface area (Å²) < 4.78 is 7.27. The second-order valence-corrected chi connectivity index (χ2v) is 10.9. The largest absolute Gasteiger partial charge is 0.420 e. The molecule has 212 valence electrons. The molecule has 0 saturated heterocycles. The standard InChI is InChI=1S/C33H27Cl2N3O4/c34-26-13-11-24(18-27(26)35)21-37-15-16-38-28(25(20-36)17-23-9-5-2-6-10-23)19-29(39)32(31(38)33(37)41)42-30(40)14-12-22-7-3-1-4-8-22/h1-11,13,18-19,25H,12,14-17,21H2. The van der Waals surface area contributed by atoms with Gasteiger partial charge in [0.15, 0.2) is 5.69 Å². The zero-order chi connectivity index (χ0) is 29.6. The van der Waals surface area contributed by atoms with Crippen molar-refractivity contribution in [2.24, 2.45) is 0 Å². The fourth-order valence-corrected chi connectivity index (χ4v) is 5.41. The maximum absolute atomic E-state index is 14.0. The van der Waals surface area contributed by atoms with Crippen LogP contribution in [0, 0.1) is 11.3 Å². The predicted octanol–water partition coefficient (Wildman–Crippen LogP) is 6.20. The van der Waals surface area contributed by atoms with Crippen molar-refractivity contribution in [3.63, 3.8) is 0 Å². The molecule has 0 saturated carbocycles. The minimum absolute atomic E-state index is 0.0284. The molecule has 9 heteroatoms. The summed E-state index contributed by atoms with van der Waals surface area (Å²) in [5.41, 5.74) is 2.38. The minimum Gasteiger partial charge on any atom is -0.420 e. The highest BCUT2D eigenvalue weighted by Crippen LogP contribution is 2.30. The second-order valence-electron chi connectivity index (χ2n) is 10.1. The van der Waals surface area contributed by atoms with E-state index < -0.39 is 23.2 Å². The summed E-state index contributed by atoms with van der Waals surface area (Å²) in [5, 5.41) is 10.9. The van der Waals surface area contributed by atoms with Crippen LogP contribution in [0.2, 0.25) is 10.0 Å². The van der Waals surface area contributed by atoms with E-state index in [0.717, 1.165) is 16.7 Å². The first-order valence-corrected chi connectivity index (χ1v) is 14.3. The van der Waals surface area contributed by atoms with E-state index in [1.54, 1.807) is 27.7 Å². The Morgan fingerprint density at radius 1 is 0.881 bits per heavy atom. The Hall–Kier alpha value is -4.38. The smallest absolute Gasteiger partial charge is 0.311 e. The first kappa shape index (κ1) is 29.1. The molecule has 4 aromatic rings. The van der Waals surface area contributed by atoms with E-state index in [2.05, 4.69) is 6.07 Å². The van der Waals surface area contributed by atoms with E-state index in [-0.39, 0.29) is 24.4 Å². The molecule has 0 bridgehead atoms. The van der Waals surface area contributed by atoms with Gasteiger partial charge in [-0.25, -0.2) is 0 Å². The number of carbonyl (C=O) groups is 2. The Labute approximate surface area is 253 Å². The molecule has 5 rings (SSSR count). The number of carbonyl (C=O) groups excluding carboxylic acids is 2. The third kappa shape index (κ3) is 6.57. The maximum atomic E-state index is 14.0. The van der Waals surface area contributed by atoms with Crippen molar-refractivity contribution in [3.8, 4) is 11.8 Å². The second kappa shape index (κ2) is 13.1. The van der Waals surface area contributed by atoms with Crippen LogP contribution < -0.4 is 10.2 Å². The van der Waals surface area contributed by atoms with Gasteiger partial charge in [0.2, 0.25) is 11.2 Å². The number of hydrogen-bond donors (Lipinski definition) is 0. The number of fused-ring (bicyclic) bond motifs is 1. The lowest BCUT2D eigenvalue weighted by atomic mass is 9.95. The van der Waals surface area contributed by atoms with Crippen LogP contribution >= 0.6 is 23.2 Å². The van der Waals surface area contributed by atoms with E-state index in [0.29, 0.717) is 41.7 Å². The van der Waals surface area contributed by atoms with Gasteiger partial charge in [-0.1, -0.05) is 89.9 Å². The number of nitriles is 1. The Morgan fingerprint density at radius 2 is 1.57 bits per heavy atom. The average molecular weight is 601 g/mol. The third-order valence-corrected chi connectivity index (χ3v) is 7.95. The number of aromatic nitrogens is 1. The number of esters is 1. The van der Waals surface area contributed by atoms with Crippen LogP contribution in [-0.4, -0.2) is 27.9 Å². The van der Waals surface area contributed by atoms with E-state index >= 15 is 0 Å². The monoisotopic (exact) mass is 599 g/mol. The summed E-state index contributed by atoms with van der Waals surface area (Å²) in [7, 11) is 0. The van der Waals surface area contributed by atoms with E-state index in [9.17, 15) is 19.6 Å². The van der Waals surface area contributed by atoms with Gasteiger partial charge in [0.05, 0.1) is 22.0 Å². The molecule has 42 heavy (non-hydrogen) atoms. The summed E-state index contributed by atoms with van der Waals surface area (Å²) in [4.78, 5) is 41.9. The quantitative estimate of drug-likeness (QED) is 0.214. The number of hydrogen-bond acceptors (Lipinski definition) is 5. The first-order valence-electron chi connectivity index (χ1n) is 13.5. The number of rotatable bonds is 9. The molecule has 7 nitrogen and oxygen atoms in total. The summed E-state index contributed by atoms with van der Waals surface area (Å²) >= 11 is 12.3. The molecule has 1 amide bonds. The van der Waals surface area contributed by atoms with Gasteiger partial charge >= 0.3 is 5.97 Å². The third-order valence-electron chi connectivity index (χ3n) is 7.21. The van der Waals surface area contributed by atoms with Crippen molar-refractivity contribution < 1.29 is 14.3 Å². The van der Waals surface area contributed by atoms with Gasteiger partial charge in [0.25, 0.3) is 5.91 Å². The van der Waals surface area contributed by atoms with Crippen LogP contribution in [0.1, 0.15) is 45.2 Å².